The van der Waals surface area contributed by atoms with E-state index in [4.69, 9.17) is 5.84 Å². The minimum absolute atomic E-state index is 0.0633. The average molecular weight is 206 g/mol. The van der Waals surface area contributed by atoms with Crippen LogP contribution in [0.4, 0.5) is 8.78 Å². The number of hydrazine groups is 1. The summed E-state index contributed by atoms with van der Waals surface area (Å²) in [5.41, 5.74) is 2.24. The normalized spacial score (nSPS) is 27.1. The van der Waals surface area contributed by atoms with Crippen molar-refractivity contribution in [2.45, 2.75) is 37.6 Å². The van der Waals surface area contributed by atoms with Crippen LogP contribution in [0.15, 0.2) is 4.99 Å². The molecule has 0 radical (unpaired) electrons. The molecule has 0 aromatic heterocycles. The first-order valence-corrected chi connectivity index (χ1v) is 4.68. The standard InChI is InChI=1S/C8H16F2N4/c1-12-7(14-11)13-6-4-2-3-5-8(6,9)10/h6H,2-5,11H2,1H3,(H2,12,13,14). The van der Waals surface area contributed by atoms with E-state index in [0.29, 0.717) is 12.8 Å². The third-order valence-corrected chi connectivity index (χ3v) is 2.43. The van der Waals surface area contributed by atoms with Crippen LogP contribution in [0.25, 0.3) is 0 Å². The molecule has 1 saturated carbocycles. The zero-order valence-electron chi connectivity index (χ0n) is 8.19. The Hall–Kier alpha value is -0.910. The number of aliphatic imine (C=N–C) groups is 1. The lowest BCUT2D eigenvalue weighted by Crippen LogP contribution is -2.54. The van der Waals surface area contributed by atoms with Crippen LogP contribution < -0.4 is 16.6 Å². The van der Waals surface area contributed by atoms with Gasteiger partial charge in [-0.1, -0.05) is 6.42 Å². The molecule has 0 heterocycles. The summed E-state index contributed by atoms with van der Waals surface area (Å²) in [6.45, 7) is 0. The van der Waals surface area contributed by atoms with Crippen molar-refractivity contribution >= 4 is 5.96 Å². The first kappa shape index (κ1) is 11.2. The van der Waals surface area contributed by atoms with E-state index in [1.807, 2.05) is 0 Å². The van der Waals surface area contributed by atoms with Gasteiger partial charge >= 0.3 is 0 Å². The first-order valence-electron chi connectivity index (χ1n) is 4.68. The van der Waals surface area contributed by atoms with Crippen LogP contribution in [0, 0.1) is 0 Å². The van der Waals surface area contributed by atoms with Gasteiger partial charge in [-0.2, -0.15) is 0 Å². The van der Waals surface area contributed by atoms with E-state index in [1.54, 1.807) is 0 Å². The molecule has 1 fully saturated rings. The van der Waals surface area contributed by atoms with Gasteiger partial charge < -0.3 is 5.32 Å². The molecule has 0 aromatic rings. The molecule has 4 N–H and O–H groups in total. The molecular formula is C8H16F2N4. The highest BCUT2D eigenvalue weighted by Crippen LogP contribution is 2.33. The molecule has 1 unspecified atom stereocenters. The molecule has 0 aliphatic heterocycles. The summed E-state index contributed by atoms with van der Waals surface area (Å²) in [7, 11) is 1.49. The van der Waals surface area contributed by atoms with Crippen molar-refractivity contribution in [2.75, 3.05) is 7.05 Å². The van der Waals surface area contributed by atoms with Crippen LogP contribution in [0.2, 0.25) is 0 Å². The van der Waals surface area contributed by atoms with E-state index in [1.165, 1.54) is 7.05 Å². The van der Waals surface area contributed by atoms with Gasteiger partial charge in [-0.3, -0.25) is 10.4 Å². The van der Waals surface area contributed by atoms with Crippen LogP contribution in [0.3, 0.4) is 0 Å². The third kappa shape index (κ3) is 2.54. The summed E-state index contributed by atoms with van der Waals surface area (Å²) in [5, 5.41) is 2.61. The Morgan fingerprint density at radius 2 is 2.21 bits per heavy atom. The number of nitrogens with two attached hydrogens (primary N) is 1. The SMILES string of the molecule is CN=C(NN)NC1CCCCC1(F)F. The summed E-state index contributed by atoms with van der Waals surface area (Å²) in [6, 6.07) is -0.856. The molecule has 0 aromatic carbocycles. The quantitative estimate of drug-likeness (QED) is 0.255. The van der Waals surface area contributed by atoms with Gasteiger partial charge in [0.25, 0.3) is 5.92 Å². The molecule has 1 aliphatic carbocycles. The summed E-state index contributed by atoms with van der Waals surface area (Å²) >= 11 is 0. The van der Waals surface area contributed by atoms with Gasteiger partial charge in [0.05, 0.1) is 6.04 Å². The van der Waals surface area contributed by atoms with Crippen LogP contribution in [0.1, 0.15) is 25.7 Å². The molecule has 0 saturated heterocycles. The average Bonchev–Trinajstić information content (AvgIpc) is 2.16. The molecule has 0 bridgehead atoms. The molecule has 1 aliphatic rings. The van der Waals surface area contributed by atoms with Gasteiger partial charge in [0.15, 0.2) is 0 Å². The molecule has 1 rings (SSSR count). The predicted octanol–water partition coefficient (Wildman–Crippen LogP) is 0.603. The maximum Gasteiger partial charge on any atom is 0.267 e. The molecule has 82 valence electrons. The minimum Gasteiger partial charge on any atom is -0.347 e. The maximum absolute atomic E-state index is 13.3. The largest absolute Gasteiger partial charge is 0.347 e. The summed E-state index contributed by atoms with van der Waals surface area (Å²) in [5.74, 6) is 2.64. The number of halogens is 2. The van der Waals surface area contributed by atoms with Gasteiger partial charge in [-0.05, 0) is 12.8 Å². The fourth-order valence-corrected chi connectivity index (χ4v) is 1.61. The molecule has 14 heavy (non-hydrogen) atoms. The Morgan fingerprint density at radius 1 is 1.50 bits per heavy atom. The summed E-state index contributed by atoms with van der Waals surface area (Å²) in [6.07, 6.45) is 1.79. The Bertz CT molecular complexity index is 217. The van der Waals surface area contributed by atoms with E-state index >= 15 is 0 Å². The van der Waals surface area contributed by atoms with Gasteiger partial charge in [-0.25, -0.2) is 14.6 Å². The molecule has 6 heteroatoms. The highest BCUT2D eigenvalue weighted by Gasteiger charge is 2.41. The van der Waals surface area contributed by atoms with Crippen molar-refractivity contribution in [2.24, 2.45) is 10.8 Å². The lowest BCUT2D eigenvalue weighted by Gasteiger charge is -2.32. The number of hydrogen-bond donors (Lipinski definition) is 3. The smallest absolute Gasteiger partial charge is 0.267 e. The fourth-order valence-electron chi connectivity index (χ4n) is 1.61. The minimum atomic E-state index is -2.66. The number of alkyl halides is 2. The second kappa shape index (κ2) is 4.54. The molecule has 4 nitrogen and oxygen atoms in total. The van der Waals surface area contributed by atoms with Crippen LogP contribution in [-0.4, -0.2) is 25.0 Å². The summed E-state index contributed by atoms with van der Waals surface area (Å²) < 4.78 is 26.6. The van der Waals surface area contributed by atoms with E-state index in [-0.39, 0.29) is 12.4 Å². The Kier molecular flexibility index (Phi) is 3.62. The van der Waals surface area contributed by atoms with Gasteiger partial charge in [-0.15, -0.1) is 0 Å². The second-order valence-corrected chi connectivity index (χ2v) is 3.42. The zero-order chi connectivity index (χ0) is 10.6. The van der Waals surface area contributed by atoms with E-state index in [0.717, 1.165) is 6.42 Å². The van der Waals surface area contributed by atoms with Crippen molar-refractivity contribution < 1.29 is 8.78 Å². The lowest BCUT2D eigenvalue weighted by molar-refractivity contribution is -0.0581. The Labute approximate surface area is 81.9 Å². The van der Waals surface area contributed by atoms with Gasteiger partial charge in [0.2, 0.25) is 5.96 Å². The zero-order valence-corrected chi connectivity index (χ0v) is 8.19. The Morgan fingerprint density at radius 3 is 2.71 bits per heavy atom. The molecule has 1 atom stereocenters. The van der Waals surface area contributed by atoms with Crippen molar-refractivity contribution in [3.8, 4) is 0 Å². The topological polar surface area (TPSA) is 62.4 Å². The highest BCUT2D eigenvalue weighted by molar-refractivity contribution is 5.79. The lowest BCUT2D eigenvalue weighted by atomic mass is 9.92. The van der Waals surface area contributed by atoms with E-state index in [2.05, 4.69) is 15.7 Å². The number of guanidine groups is 1. The number of hydrogen-bond acceptors (Lipinski definition) is 2. The monoisotopic (exact) mass is 206 g/mol. The predicted molar refractivity (Wildman–Crippen MR) is 51.0 cm³/mol. The van der Waals surface area contributed by atoms with Gasteiger partial charge in [0.1, 0.15) is 0 Å². The van der Waals surface area contributed by atoms with Crippen LogP contribution >= 0.6 is 0 Å². The van der Waals surface area contributed by atoms with Crippen molar-refractivity contribution in [3.05, 3.63) is 0 Å². The van der Waals surface area contributed by atoms with Gasteiger partial charge in [0, 0.05) is 13.5 Å². The third-order valence-electron chi connectivity index (χ3n) is 2.43. The highest BCUT2D eigenvalue weighted by atomic mass is 19.3. The van der Waals surface area contributed by atoms with Crippen LogP contribution in [0.5, 0.6) is 0 Å². The molecular weight excluding hydrogens is 190 g/mol. The number of nitrogens with one attached hydrogen (secondary N) is 2. The first-order chi connectivity index (χ1) is 6.60. The van der Waals surface area contributed by atoms with Crippen molar-refractivity contribution in [1.29, 1.82) is 0 Å². The van der Waals surface area contributed by atoms with E-state index in [9.17, 15) is 8.78 Å². The summed E-state index contributed by atoms with van der Waals surface area (Å²) in [4.78, 5) is 3.70. The Balaban J connectivity index is 2.57. The second-order valence-electron chi connectivity index (χ2n) is 3.42. The maximum atomic E-state index is 13.3. The van der Waals surface area contributed by atoms with E-state index < -0.39 is 12.0 Å². The fraction of sp³-hybridized carbons (Fsp3) is 0.875. The molecule has 0 spiro atoms. The number of rotatable bonds is 1. The molecule has 0 amide bonds. The van der Waals surface area contributed by atoms with Crippen molar-refractivity contribution in [3.63, 3.8) is 0 Å². The number of nitrogens with zero attached hydrogens (tertiary/aromatic N) is 1. The van der Waals surface area contributed by atoms with Crippen LogP contribution in [-0.2, 0) is 0 Å². The van der Waals surface area contributed by atoms with Crippen molar-refractivity contribution in [1.82, 2.24) is 10.7 Å².